The van der Waals surface area contributed by atoms with E-state index in [0.717, 1.165) is 5.56 Å². The molecule has 0 saturated carbocycles. The van der Waals surface area contributed by atoms with Crippen molar-refractivity contribution in [3.8, 4) is 0 Å². The monoisotopic (exact) mass is 237 g/mol. The van der Waals surface area contributed by atoms with Crippen molar-refractivity contribution in [3.05, 3.63) is 29.3 Å². The van der Waals surface area contributed by atoms with E-state index in [-0.39, 0.29) is 6.10 Å². The minimum atomic E-state index is -0.916. The summed E-state index contributed by atoms with van der Waals surface area (Å²) in [4.78, 5) is 11.0. The van der Waals surface area contributed by atoms with Crippen LogP contribution in [0.4, 0.5) is 5.69 Å². The summed E-state index contributed by atoms with van der Waals surface area (Å²) in [6, 6.07) is 5.23. The van der Waals surface area contributed by atoms with Gasteiger partial charge in [0.05, 0.1) is 24.0 Å². The molecule has 0 aliphatic rings. The maximum absolute atomic E-state index is 11.0. The molecule has 4 heteroatoms. The van der Waals surface area contributed by atoms with Gasteiger partial charge < -0.3 is 15.2 Å². The predicted molar refractivity (Wildman–Crippen MR) is 67.7 cm³/mol. The number of para-hydroxylation sites is 1. The first-order chi connectivity index (χ1) is 8.02. The van der Waals surface area contributed by atoms with Crippen molar-refractivity contribution >= 4 is 11.7 Å². The maximum Gasteiger partial charge on any atom is 0.337 e. The van der Waals surface area contributed by atoms with Gasteiger partial charge in [-0.25, -0.2) is 4.79 Å². The number of carboxylic acid groups (broad SMARTS) is 1. The SMILES string of the molecule is Cc1cccc(C(=O)O)c1NCCOC(C)C. The number of hydrogen-bond acceptors (Lipinski definition) is 3. The molecule has 0 aromatic heterocycles. The molecule has 0 saturated heterocycles. The third-order valence-corrected chi connectivity index (χ3v) is 2.36. The van der Waals surface area contributed by atoms with Crippen molar-refractivity contribution in [3.63, 3.8) is 0 Å². The van der Waals surface area contributed by atoms with Crippen molar-refractivity contribution in [2.45, 2.75) is 26.9 Å². The van der Waals surface area contributed by atoms with E-state index >= 15 is 0 Å². The van der Waals surface area contributed by atoms with E-state index in [9.17, 15) is 4.79 Å². The van der Waals surface area contributed by atoms with Crippen LogP contribution in [0.1, 0.15) is 29.8 Å². The van der Waals surface area contributed by atoms with Crippen LogP contribution in [0.2, 0.25) is 0 Å². The highest BCUT2D eigenvalue weighted by molar-refractivity contribution is 5.95. The first-order valence-electron chi connectivity index (χ1n) is 5.70. The second-order valence-electron chi connectivity index (χ2n) is 4.15. The fourth-order valence-corrected chi connectivity index (χ4v) is 1.55. The molecule has 0 bridgehead atoms. The number of aryl methyl sites for hydroxylation is 1. The van der Waals surface area contributed by atoms with Crippen LogP contribution in [-0.4, -0.2) is 30.3 Å². The van der Waals surface area contributed by atoms with Crippen molar-refractivity contribution in [1.29, 1.82) is 0 Å². The Labute approximate surface area is 102 Å². The molecule has 0 radical (unpaired) electrons. The summed E-state index contributed by atoms with van der Waals surface area (Å²) in [5.74, 6) is -0.916. The van der Waals surface area contributed by atoms with Gasteiger partial charge in [-0.3, -0.25) is 0 Å². The number of aromatic carboxylic acids is 1. The van der Waals surface area contributed by atoms with Crippen molar-refractivity contribution < 1.29 is 14.6 Å². The Hall–Kier alpha value is -1.55. The summed E-state index contributed by atoms with van der Waals surface area (Å²) < 4.78 is 5.39. The van der Waals surface area contributed by atoms with Crippen molar-refractivity contribution in [2.24, 2.45) is 0 Å². The highest BCUT2D eigenvalue weighted by atomic mass is 16.5. The number of nitrogens with one attached hydrogen (secondary N) is 1. The van der Waals surface area contributed by atoms with Crippen LogP contribution in [0.15, 0.2) is 18.2 Å². The van der Waals surface area contributed by atoms with E-state index in [4.69, 9.17) is 9.84 Å². The summed E-state index contributed by atoms with van der Waals surface area (Å²) in [6.07, 6.45) is 0.188. The molecule has 0 amide bonds. The average Bonchev–Trinajstić information content (AvgIpc) is 2.25. The van der Waals surface area contributed by atoms with Crippen molar-refractivity contribution in [1.82, 2.24) is 0 Å². The summed E-state index contributed by atoms with van der Waals surface area (Å²) in [5.41, 5.74) is 1.90. The molecule has 0 fully saturated rings. The summed E-state index contributed by atoms with van der Waals surface area (Å²) in [7, 11) is 0. The molecule has 1 aromatic rings. The van der Waals surface area contributed by atoms with Gasteiger partial charge in [0.1, 0.15) is 0 Å². The molecule has 94 valence electrons. The van der Waals surface area contributed by atoms with Crippen LogP contribution in [0.3, 0.4) is 0 Å². The average molecular weight is 237 g/mol. The Balaban J connectivity index is 2.66. The molecule has 0 aliphatic carbocycles. The maximum atomic E-state index is 11.0. The minimum Gasteiger partial charge on any atom is -0.478 e. The van der Waals surface area contributed by atoms with Gasteiger partial charge in [-0.2, -0.15) is 0 Å². The molecule has 0 aliphatic heterocycles. The normalized spacial score (nSPS) is 10.6. The molecule has 0 spiro atoms. The predicted octanol–water partition coefficient (Wildman–Crippen LogP) is 2.53. The lowest BCUT2D eigenvalue weighted by Gasteiger charge is -2.13. The van der Waals surface area contributed by atoms with Gasteiger partial charge >= 0.3 is 5.97 Å². The van der Waals surface area contributed by atoms with Gasteiger partial charge in [0.15, 0.2) is 0 Å². The van der Waals surface area contributed by atoms with Gasteiger partial charge in [0.25, 0.3) is 0 Å². The van der Waals surface area contributed by atoms with E-state index in [1.807, 2.05) is 26.8 Å². The lowest BCUT2D eigenvalue weighted by atomic mass is 10.1. The zero-order valence-corrected chi connectivity index (χ0v) is 10.5. The number of rotatable bonds is 6. The smallest absolute Gasteiger partial charge is 0.337 e. The second kappa shape index (κ2) is 6.25. The molecule has 0 heterocycles. The van der Waals surface area contributed by atoms with Gasteiger partial charge in [-0.15, -0.1) is 0 Å². The van der Waals surface area contributed by atoms with Crippen LogP contribution >= 0.6 is 0 Å². The lowest BCUT2D eigenvalue weighted by molar-refractivity contribution is 0.0697. The quantitative estimate of drug-likeness (QED) is 0.746. The molecule has 2 N–H and O–H groups in total. The zero-order valence-electron chi connectivity index (χ0n) is 10.5. The number of hydrogen-bond donors (Lipinski definition) is 2. The van der Waals surface area contributed by atoms with Gasteiger partial charge in [-0.05, 0) is 32.4 Å². The first kappa shape index (κ1) is 13.5. The highest BCUT2D eigenvalue weighted by Crippen LogP contribution is 2.20. The highest BCUT2D eigenvalue weighted by Gasteiger charge is 2.11. The largest absolute Gasteiger partial charge is 0.478 e. The molecule has 1 aromatic carbocycles. The molecule has 0 unspecified atom stereocenters. The van der Waals surface area contributed by atoms with E-state index < -0.39 is 5.97 Å². The second-order valence-corrected chi connectivity index (χ2v) is 4.15. The topological polar surface area (TPSA) is 58.6 Å². The Morgan fingerprint density at radius 2 is 2.18 bits per heavy atom. The third kappa shape index (κ3) is 4.07. The third-order valence-electron chi connectivity index (χ3n) is 2.36. The van der Waals surface area contributed by atoms with Crippen LogP contribution in [-0.2, 0) is 4.74 Å². The van der Waals surface area contributed by atoms with Gasteiger partial charge in [0.2, 0.25) is 0 Å². The molecule has 1 rings (SSSR count). The fraction of sp³-hybridized carbons (Fsp3) is 0.462. The Kier molecular flexibility index (Phi) is 4.97. The van der Waals surface area contributed by atoms with Crippen LogP contribution in [0, 0.1) is 6.92 Å². The minimum absolute atomic E-state index is 0.188. The number of anilines is 1. The van der Waals surface area contributed by atoms with E-state index in [0.29, 0.717) is 24.4 Å². The molecule has 4 nitrogen and oxygen atoms in total. The molecular weight excluding hydrogens is 218 g/mol. The number of benzene rings is 1. The number of carboxylic acids is 1. The van der Waals surface area contributed by atoms with E-state index in [1.54, 1.807) is 12.1 Å². The zero-order chi connectivity index (χ0) is 12.8. The first-order valence-corrected chi connectivity index (χ1v) is 5.70. The van der Waals surface area contributed by atoms with Crippen LogP contribution < -0.4 is 5.32 Å². The standard InChI is InChI=1S/C13H19NO3/c1-9(2)17-8-7-14-12-10(3)5-4-6-11(12)13(15)16/h4-6,9,14H,7-8H2,1-3H3,(H,15,16). The molecule has 0 atom stereocenters. The summed E-state index contributed by atoms with van der Waals surface area (Å²) >= 11 is 0. The summed E-state index contributed by atoms with van der Waals surface area (Å²) in [6.45, 7) is 6.99. The van der Waals surface area contributed by atoms with Gasteiger partial charge in [0, 0.05) is 6.54 Å². The Morgan fingerprint density at radius 3 is 2.76 bits per heavy atom. The lowest BCUT2D eigenvalue weighted by Crippen LogP contribution is -2.15. The van der Waals surface area contributed by atoms with Crippen molar-refractivity contribution in [2.75, 3.05) is 18.5 Å². The number of ether oxygens (including phenoxy) is 1. The van der Waals surface area contributed by atoms with E-state index in [2.05, 4.69) is 5.32 Å². The fourth-order valence-electron chi connectivity index (χ4n) is 1.55. The Bertz CT molecular complexity index is 388. The number of carbonyl (C=O) groups is 1. The van der Waals surface area contributed by atoms with Crippen LogP contribution in [0.25, 0.3) is 0 Å². The Morgan fingerprint density at radius 1 is 1.47 bits per heavy atom. The van der Waals surface area contributed by atoms with Crippen LogP contribution in [0.5, 0.6) is 0 Å². The molecular formula is C13H19NO3. The van der Waals surface area contributed by atoms with E-state index in [1.165, 1.54) is 0 Å². The summed E-state index contributed by atoms with van der Waals surface area (Å²) in [5, 5.41) is 12.2. The molecule has 17 heavy (non-hydrogen) atoms. The van der Waals surface area contributed by atoms with Gasteiger partial charge in [-0.1, -0.05) is 12.1 Å².